The second kappa shape index (κ2) is 7.75. The molecule has 2 heterocycles. The standard InChI is InChI=1S/C18H25N3O4S/c1-2-9-20(15-8-10-26(24,25)12-15)13-21-17(22)16(19-18(21)23)11-14-6-4-3-5-7-14/h3-7,15-16H,2,8-13H2,1H3,(H,19,23). The number of benzene rings is 1. The molecule has 2 fully saturated rings. The van der Waals surface area contributed by atoms with Gasteiger partial charge in [-0.05, 0) is 24.9 Å². The second-order valence-electron chi connectivity index (χ2n) is 6.97. The van der Waals surface area contributed by atoms with E-state index in [9.17, 15) is 18.0 Å². The minimum atomic E-state index is -3.02. The Hall–Kier alpha value is -1.93. The Morgan fingerprint density at radius 1 is 1.23 bits per heavy atom. The van der Waals surface area contributed by atoms with Gasteiger partial charge in [-0.25, -0.2) is 18.1 Å². The maximum absolute atomic E-state index is 12.7. The lowest BCUT2D eigenvalue weighted by atomic mass is 10.1. The van der Waals surface area contributed by atoms with Crippen LogP contribution in [0.1, 0.15) is 25.3 Å². The molecule has 1 aromatic rings. The molecule has 2 saturated heterocycles. The van der Waals surface area contributed by atoms with Crippen LogP contribution in [0.4, 0.5) is 4.79 Å². The third kappa shape index (κ3) is 4.24. The molecule has 2 unspecified atom stereocenters. The van der Waals surface area contributed by atoms with Crippen LogP contribution >= 0.6 is 0 Å². The molecule has 0 aliphatic carbocycles. The Morgan fingerprint density at radius 2 is 1.96 bits per heavy atom. The zero-order valence-electron chi connectivity index (χ0n) is 14.9. The second-order valence-corrected chi connectivity index (χ2v) is 9.20. The summed E-state index contributed by atoms with van der Waals surface area (Å²) in [5, 5.41) is 2.75. The van der Waals surface area contributed by atoms with Gasteiger partial charge in [0.25, 0.3) is 5.91 Å². The Balaban J connectivity index is 1.67. The predicted molar refractivity (Wildman–Crippen MR) is 98.2 cm³/mol. The average Bonchev–Trinajstić information content (AvgIpc) is 3.09. The number of sulfone groups is 1. The predicted octanol–water partition coefficient (Wildman–Crippen LogP) is 1.01. The molecule has 0 bridgehead atoms. The first kappa shape index (κ1) is 18.8. The van der Waals surface area contributed by atoms with Gasteiger partial charge in [-0.15, -0.1) is 0 Å². The van der Waals surface area contributed by atoms with Gasteiger partial charge in [0.15, 0.2) is 9.84 Å². The van der Waals surface area contributed by atoms with Gasteiger partial charge in [-0.2, -0.15) is 0 Å². The molecule has 0 aromatic heterocycles. The summed E-state index contributed by atoms with van der Waals surface area (Å²) < 4.78 is 23.6. The molecule has 2 aliphatic heterocycles. The zero-order valence-corrected chi connectivity index (χ0v) is 15.7. The van der Waals surface area contributed by atoms with E-state index in [4.69, 9.17) is 0 Å². The number of nitrogens with one attached hydrogen (secondary N) is 1. The molecule has 142 valence electrons. The van der Waals surface area contributed by atoms with Crippen LogP contribution in [-0.2, 0) is 21.1 Å². The van der Waals surface area contributed by atoms with Crippen LogP contribution in [0.3, 0.4) is 0 Å². The van der Waals surface area contributed by atoms with Gasteiger partial charge in [0, 0.05) is 12.5 Å². The van der Waals surface area contributed by atoms with Gasteiger partial charge in [-0.3, -0.25) is 9.69 Å². The van der Waals surface area contributed by atoms with Crippen molar-refractivity contribution in [2.45, 2.75) is 38.3 Å². The van der Waals surface area contributed by atoms with Gasteiger partial charge >= 0.3 is 6.03 Å². The Bertz CT molecular complexity index is 766. The normalized spacial score (nSPS) is 25.1. The zero-order chi connectivity index (χ0) is 18.7. The topological polar surface area (TPSA) is 86.8 Å². The summed E-state index contributed by atoms with van der Waals surface area (Å²) in [7, 11) is -3.02. The van der Waals surface area contributed by atoms with Gasteiger partial charge in [0.05, 0.1) is 18.2 Å². The van der Waals surface area contributed by atoms with E-state index in [0.29, 0.717) is 19.4 Å². The summed E-state index contributed by atoms with van der Waals surface area (Å²) in [6.45, 7) is 2.80. The van der Waals surface area contributed by atoms with Crippen LogP contribution in [-0.4, -0.2) is 67.0 Å². The minimum absolute atomic E-state index is 0.101. The van der Waals surface area contributed by atoms with Crippen LogP contribution in [0.5, 0.6) is 0 Å². The quantitative estimate of drug-likeness (QED) is 0.715. The highest BCUT2D eigenvalue weighted by molar-refractivity contribution is 7.91. The van der Waals surface area contributed by atoms with E-state index < -0.39 is 21.9 Å². The van der Waals surface area contributed by atoms with E-state index in [2.05, 4.69) is 5.32 Å². The first-order chi connectivity index (χ1) is 12.4. The van der Waals surface area contributed by atoms with Crippen LogP contribution in [0.15, 0.2) is 30.3 Å². The molecule has 0 spiro atoms. The Labute approximate surface area is 154 Å². The lowest BCUT2D eigenvalue weighted by molar-refractivity contribution is -0.129. The number of hydrogen-bond donors (Lipinski definition) is 1. The molecule has 26 heavy (non-hydrogen) atoms. The van der Waals surface area contributed by atoms with Crippen molar-refractivity contribution in [3.8, 4) is 0 Å². The van der Waals surface area contributed by atoms with Crippen molar-refractivity contribution in [3.63, 3.8) is 0 Å². The molecular formula is C18H25N3O4S. The van der Waals surface area contributed by atoms with E-state index in [1.165, 1.54) is 4.90 Å². The number of imide groups is 1. The van der Waals surface area contributed by atoms with Crippen molar-refractivity contribution in [3.05, 3.63) is 35.9 Å². The molecule has 8 heteroatoms. The molecular weight excluding hydrogens is 354 g/mol. The Kier molecular flexibility index (Phi) is 5.62. The van der Waals surface area contributed by atoms with Gasteiger partial charge in [-0.1, -0.05) is 37.3 Å². The smallest absolute Gasteiger partial charge is 0.325 e. The van der Waals surface area contributed by atoms with Crippen LogP contribution in [0.25, 0.3) is 0 Å². The molecule has 3 rings (SSSR count). The lowest BCUT2D eigenvalue weighted by Gasteiger charge is -2.30. The highest BCUT2D eigenvalue weighted by Crippen LogP contribution is 2.20. The maximum Gasteiger partial charge on any atom is 0.325 e. The summed E-state index contributed by atoms with van der Waals surface area (Å²) in [5.41, 5.74) is 0.986. The Morgan fingerprint density at radius 3 is 2.58 bits per heavy atom. The molecule has 1 aromatic carbocycles. The number of hydrogen-bond acceptors (Lipinski definition) is 5. The van der Waals surface area contributed by atoms with E-state index in [1.807, 2.05) is 42.2 Å². The first-order valence-electron chi connectivity index (χ1n) is 9.00. The number of carbonyl (C=O) groups excluding carboxylic acids is 2. The van der Waals surface area contributed by atoms with Crippen molar-refractivity contribution in [2.75, 3.05) is 24.7 Å². The van der Waals surface area contributed by atoms with Crippen molar-refractivity contribution in [1.82, 2.24) is 15.1 Å². The van der Waals surface area contributed by atoms with Crippen LogP contribution in [0, 0.1) is 0 Å². The molecule has 0 saturated carbocycles. The molecule has 1 N–H and O–H groups in total. The third-order valence-electron chi connectivity index (χ3n) is 4.95. The van der Waals surface area contributed by atoms with Crippen molar-refractivity contribution in [2.24, 2.45) is 0 Å². The van der Waals surface area contributed by atoms with E-state index in [-0.39, 0.29) is 30.1 Å². The summed E-state index contributed by atoms with van der Waals surface area (Å²) in [4.78, 5) is 28.2. The third-order valence-corrected chi connectivity index (χ3v) is 6.70. The molecule has 0 radical (unpaired) electrons. The van der Waals surface area contributed by atoms with Crippen molar-refractivity contribution >= 4 is 21.8 Å². The van der Waals surface area contributed by atoms with Gasteiger partial charge in [0.1, 0.15) is 6.04 Å². The van der Waals surface area contributed by atoms with Gasteiger partial charge < -0.3 is 5.32 Å². The monoisotopic (exact) mass is 379 g/mol. The molecule has 7 nitrogen and oxygen atoms in total. The largest absolute Gasteiger partial charge is 0.325 e. The fourth-order valence-electron chi connectivity index (χ4n) is 3.60. The minimum Gasteiger partial charge on any atom is -0.325 e. The van der Waals surface area contributed by atoms with E-state index in [1.54, 1.807) is 0 Å². The van der Waals surface area contributed by atoms with Crippen LogP contribution < -0.4 is 5.32 Å². The van der Waals surface area contributed by atoms with Gasteiger partial charge in [0.2, 0.25) is 0 Å². The fourth-order valence-corrected chi connectivity index (χ4v) is 5.36. The first-order valence-corrected chi connectivity index (χ1v) is 10.8. The highest BCUT2D eigenvalue weighted by Gasteiger charge is 2.40. The number of nitrogens with zero attached hydrogens (tertiary/aromatic N) is 2. The summed E-state index contributed by atoms with van der Waals surface area (Å²) in [5.74, 6) is 0.0273. The van der Waals surface area contributed by atoms with E-state index >= 15 is 0 Å². The molecule has 2 atom stereocenters. The van der Waals surface area contributed by atoms with Crippen molar-refractivity contribution in [1.29, 1.82) is 0 Å². The number of amides is 3. The number of urea groups is 1. The average molecular weight is 379 g/mol. The molecule has 3 amide bonds. The fraction of sp³-hybridized carbons (Fsp3) is 0.556. The number of carbonyl (C=O) groups is 2. The highest BCUT2D eigenvalue weighted by atomic mass is 32.2. The summed E-state index contributed by atoms with van der Waals surface area (Å²) in [6.07, 6.45) is 1.83. The molecule has 2 aliphatic rings. The number of rotatable bonds is 7. The van der Waals surface area contributed by atoms with Crippen molar-refractivity contribution < 1.29 is 18.0 Å². The SMILES string of the molecule is CCCN(CN1C(=O)NC(Cc2ccccc2)C1=O)C1CCS(=O)(=O)C1. The van der Waals surface area contributed by atoms with Crippen LogP contribution in [0.2, 0.25) is 0 Å². The van der Waals surface area contributed by atoms with E-state index in [0.717, 1.165) is 12.0 Å². The summed E-state index contributed by atoms with van der Waals surface area (Å²) >= 11 is 0. The lowest BCUT2D eigenvalue weighted by Crippen LogP contribution is -2.47. The maximum atomic E-state index is 12.7. The summed E-state index contributed by atoms with van der Waals surface area (Å²) in [6, 6.07) is 8.45.